The average Bonchev–Trinajstić information content (AvgIpc) is 2.28. The molecule has 2 amide bonds. The molecule has 0 aliphatic rings. The summed E-state index contributed by atoms with van der Waals surface area (Å²) in [5, 5.41) is 2.02. The van der Waals surface area contributed by atoms with Crippen molar-refractivity contribution in [1.82, 2.24) is 10.2 Å². The molecule has 0 heterocycles. The summed E-state index contributed by atoms with van der Waals surface area (Å²) in [7, 11) is 2.45. The van der Waals surface area contributed by atoms with Crippen LogP contribution in [0.5, 0.6) is 0 Å². The normalized spacial score (nSPS) is 9.88. The molecule has 0 bridgehead atoms. The molecule has 0 saturated carbocycles. The van der Waals surface area contributed by atoms with Crippen molar-refractivity contribution in [3.63, 3.8) is 0 Å². The number of ether oxygens (including phenoxy) is 2. The number of alkyl carbamates (subject to hydrolysis) is 1. The molecule has 0 aliphatic carbocycles. The van der Waals surface area contributed by atoms with Gasteiger partial charge in [-0.05, 0) is 13.0 Å². The van der Waals surface area contributed by atoms with E-state index in [9.17, 15) is 14.4 Å². The van der Waals surface area contributed by atoms with Gasteiger partial charge in [0.05, 0.1) is 27.3 Å². The van der Waals surface area contributed by atoms with E-state index in [1.807, 2.05) is 12.2 Å². The molecule has 0 saturated heterocycles. The molecule has 0 rings (SSSR count). The standard InChI is InChI=1S/C10H18N2O5/c1-4-5-12(7-9(14)16-2)6-8(13)11-10(15)17-3/h4-7H2,1-3H3,(H,11,13,15). The highest BCUT2D eigenvalue weighted by atomic mass is 16.5. The van der Waals surface area contributed by atoms with Crippen LogP contribution in [0.2, 0.25) is 0 Å². The molecule has 0 radical (unpaired) electrons. The summed E-state index contributed by atoms with van der Waals surface area (Å²) in [6.07, 6.45) is -0.0350. The number of nitrogens with zero attached hydrogens (tertiary/aromatic N) is 1. The highest BCUT2D eigenvalue weighted by Crippen LogP contribution is 1.92. The maximum Gasteiger partial charge on any atom is 0.413 e. The number of imide groups is 1. The molecule has 0 aliphatic heterocycles. The van der Waals surface area contributed by atoms with Crippen LogP contribution in [0.4, 0.5) is 4.79 Å². The van der Waals surface area contributed by atoms with Crippen LogP contribution in [0.15, 0.2) is 0 Å². The Morgan fingerprint density at radius 3 is 2.24 bits per heavy atom. The van der Waals surface area contributed by atoms with Gasteiger partial charge < -0.3 is 9.47 Å². The summed E-state index contributed by atoms with van der Waals surface area (Å²) in [5.74, 6) is -0.946. The molecule has 0 aromatic heterocycles. The van der Waals surface area contributed by atoms with Crippen molar-refractivity contribution in [2.24, 2.45) is 0 Å². The molecular weight excluding hydrogens is 228 g/mol. The van der Waals surface area contributed by atoms with Crippen LogP contribution in [0.25, 0.3) is 0 Å². The van der Waals surface area contributed by atoms with Crippen LogP contribution in [0.1, 0.15) is 13.3 Å². The Morgan fingerprint density at radius 1 is 1.12 bits per heavy atom. The van der Waals surface area contributed by atoms with Crippen molar-refractivity contribution in [2.45, 2.75) is 13.3 Å². The molecule has 98 valence electrons. The first-order valence-electron chi connectivity index (χ1n) is 5.20. The SMILES string of the molecule is CCCN(CC(=O)NC(=O)OC)CC(=O)OC. The van der Waals surface area contributed by atoms with Crippen molar-refractivity contribution >= 4 is 18.0 Å². The highest BCUT2D eigenvalue weighted by molar-refractivity contribution is 5.92. The lowest BCUT2D eigenvalue weighted by molar-refractivity contribution is -0.142. The van der Waals surface area contributed by atoms with Crippen molar-refractivity contribution in [3.8, 4) is 0 Å². The van der Waals surface area contributed by atoms with E-state index in [4.69, 9.17) is 0 Å². The summed E-state index contributed by atoms with van der Waals surface area (Å²) in [6.45, 7) is 2.43. The van der Waals surface area contributed by atoms with Crippen molar-refractivity contribution < 1.29 is 23.9 Å². The van der Waals surface area contributed by atoms with E-state index in [1.54, 1.807) is 4.90 Å². The fraction of sp³-hybridized carbons (Fsp3) is 0.700. The number of carbonyl (C=O) groups excluding carboxylic acids is 3. The zero-order chi connectivity index (χ0) is 13.3. The van der Waals surface area contributed by atoms with Gasteiger partial charge in [-0.1, -0.05) is 6.92 Å². The Bertz CT molecular complexity index is 280. The molecule has 7 heteroatoms. The lowest BCUT2D eigenvalue weighted by atomic mass is 10.4. The quantitative estimate of drug-likeness (QED) is 0.651. The van der Waals surface area contributed by atoms with Gasteiger partial charge in [0, 0.05) is 0 Å². The number of methoxy groups -OCH3 is 2. The topological polar surface area (TPSA) is 84.9 Å². The van der Waals surface area contributed by atoms with Crippen LogP contribution in [0, 0.1) is 0 Å². The molecule has 0 fully saturated rings. The van der Waals surface area contributed by atoms with Crippen LogP contribution < -0.4 is 5.32 Å². The Labute approximate surface area is 100 Å². The lowest BCUT2D eigenvalue weighted by Gasteiger charge is -2.18. The number of esters is 1. The number of hydrogen-bond donors (Lipinski definition) is 1. The van der Waals surface area contributed by atoms with Crippen molar-refractivity contribution in [2.75, 3.05) is 33.9 Å². The van der Waals surface area contributed by atoms with Gasteiger partial charge in [0.25, 0.3) is 0 Å². The Kier molecular flexibility index (Phi) is 7.70. The zero-order valence-electron chi connectivity index (χ0n) is 10.3. The molecule has 7 nitrogen and oxygen atoms in total. The lowest BCUT2D eigenvalue weighted by Crippen LogP contribution is -2.42. The van der Waals surface area contributed by atoms with Crippen molar-refractivity contribution in [1.29, 1.82) is 0 Å². The van der Waals surface area contributed by atoms with Gasteiger partial charge in [0.1, 0.15) is 0 Å². The molecule has 0 atom stereocenters. The second kappa shape index (κ2) is 8.51. The van der Waals surface area contributed by atoms with E-state index >= 15 is 0 Å². The average molecular weight is 246 g/mol. The second-order valence-corrected chi connectivity index (χ2v) is 3.33. The van der Waals surface area contributed by atoms with Crippen LogP contribution >= 0.6 is 0 Å². The first-order valence-corrected chi connectivity index (χ1v) is 5.20. The third-order valence-electron chi connectivity index (χ3n) is 1.91. The van der Waals surface area contributed by atoms with Crippen LogP contribution in [-0.4, -0.2) is 56.7 Å². The van der Waals surface area contributed by atoms with E-state index in [1.165, 1.54) is 14.2 Å². The van der Waals surface area contributed by atoms with Crippen LogP contribution in [0.3, 0.4) is 0 Å². The van der Waals surface area contributed by atoms with E-state index in [2.05, 4.69) is 9.47 Å². The highest BCUT2D eigenvalue weighted by Gasteiger charge is 2.15. The van der Waals surface area contributed by atoms with Crippen molar-refractivity contribution in [3.05, 3.63) is 0 Å². The fourth-order valence-electron chi connectivity index (χ4n) is 1.18. The smallest absolute Gasteiger partial charge is 0.413 e. The third-order valence-corrected chi connectivity index (χ3v) is 1.91. The predicted molar refractivity (Wildman–Crippen MR) is 59.3 cm³/mol. The maximum atomic E-state index is 11.4. The molecular formula is C10H18N2O5. The number of rotatable bonds is 6. The summed E-state index contributed by atoms with van der Waals surface area (Å²) < 4.78 is 8.79. The van der Waals surface area contributed by atoms with Gasteiger partial charge in [0.15, 0.2) is 0 Å². The van der Waals surface area contributed by atoms with E-state index in [0.29, 0.717) is 6.54 Å². The second-order valence-electron chi connectivity index (χ2n) is 3.33. The minimum absolute atomic E-state index is 0.0128. The fourth-order valence-corrected chi connectivity index (χ4v) is 1.18. The molecule has 0 aromatic rings. The number of hydrogen-bond acceptors (Lipinski definition) is 6. The van der Waals surface area contributed by atoms with Gasteiger partial charge in [-0.3, -0.25) is 19.8 Å². The maximum absolute atomic E-state index is 11.4. The molecule has 17 heavy (non-hydrogen) atoms. The van der Waals surface area contributed by atoms with Gasteiger partial charge in [-0.25, -0.2) is 4.79 Å². The van der Waals surface area contributed by atoms with E-state index < -0.39 is 18.0 Å². The van der Waals surface area contributed by atoms with Crippen LogP contribution in [-0.2, 0) is 19.1 Å². The Morgan fingerprint density at radius 2 is 1.76 bits per heavy atom. The molecule has 1 N–H and O–H groups in total. The molecule has 0 unspecified atom stereocenters. The largest absolute Gasteiger partial charge is 0.468 e. The predicted octanol–water partition coefficient (Wildman–Crippen LogP) is -0.246. The minimum atomic E-state index is -0.815. The third kappa shape index (κ3) is 7.29. The Balaban J connectivity index is 4.18. The zero-order valence-corrected chi connectivity index (χ0v) is 10.3. The summed E-state index contributed by atoms with van der Waals surface area (Å²) in [5.41, 5.74) is 0. The molecule has 0 aromatic carbocycles. The number of nitrogens with one attached hydrogen (secondary N) is 1. The van der Waals surface area contributed by atoms with E-state index in [0.717, 1.165) is 6.42 Å². The van der Waals surface area contributed by atoms with Gasteiger partial charge >= 0.3 is 12.1 Å². The minimum Gasteiger partial charge on any atom is -0.468 e. The van der Waals surface area contributed by atoms with E-state index in [-0.39, 0.29) is 13.1 Å². The number of amides is 2. The first kappa shape index (κ1) is 15.4. The first-order chi connectivity index (χ1) is 8.03. The Hall–Kier alpha value is -1.63. The molecule has 0 spiro atoms. The van der Waals surface area contributed by atoms with Gasteiger partial charge in [0.2, 0.25) is 5.91 Å². The summed E-state index contributed by atoms with van der Waals surface area (Å²) >= 11 is 0. The summed E-state index contributed by atoms with van der Waals surface area (Å²) in [6, 6.07) is 0. The van der Waals surface area contributed by atoms with Gasteiger partial charge in [-0.2, -0.15) is 0 Å². The number of carbonyl (C=O) groups is 3. The van der Waals surface area contributed by atoms with Gasteiger partial charge in [-0.15, -0.1) is 0 Å². The summed E-state index contributed by atoms with van der Waals surface area (Å²) in [4.78, 5) is 34.8. The monoisotopic (exact) mass is 246 g/mol.